The van der Waals surface area contributed by atoms with Crippen molar-refractivity contribution in [3.8, 4) is 0 Å². The molecule has 1 fully saturated rings. The number of thioether (sulfide) groups is 1. The van der Waals surface area contributed by atoms with E-state index in [2.05, 4.69) is 33.4 Å². The van der Waals surface area contributed by atoms with Gasteiger partial charge in [-0.3, -0.25) is 9.59 Å². The van der Waals surface area contributed by atoms with E-state index in [1.54, 1.807) is 11.8 Å². The molecule has 0 aromatic heterocycles. The van der Waals surface area contributed by atoms with Crippen LogP contribution in [0.4, 0.5) is 0 Å². The van der Waals surface area contributed by atoms with Crippen molar-refractivity contribution in [3.05, 3.63) is 106 Å². The smallest absolute Gasteiger partial charge is 0.243 e. The maximum Gasteiger partial charge on any atom is 0.243 e. The summed E-state index contributed by atoms with van der Waals surface area (Å²) in [5.74, 6) is 1.56. The lowest BCUT2D eigenvalue weighted by atomic mass is 9.94. The molecule has 1 N–H and O–H groups in total. The molecule has 4 nitrogen and oxygen atoms in total. The Labute approximate surface area is 239 Å². The lowest BCUT2D eigenvalue weighted by Crippen LogP contribution is -2.52. The summed E-state index contributed by atoms with van der Waals surface area (Å²) in [6.45, 7) is 0.400. The van der Waals surface area contributed by atoms with Crippen molar-refractivity contribution in [2.24, 2.45) is 0 Å². The minimum atomic E-state index is -0.565. The molecule has 1 atom stereocenters. The zero-order valence-corrected chi connectivity index (χ0v) is 24.3. The fourth-order valence-electron chi connectivity index (χ4n) is 5.00. The first kappa shape index (κ1) is 28.4. The lowest BCUT2D eigenvalue weighted by Gasteiger charge is -2.33. The van der Waals surface area contributed by atoms with Gasteiger partial charge < -0.3 is 10.2 Å². The summed E-state index contributed by atoms with van der Waals surface area (Å²) >= 11 is 5.32. The summed E-state index contributed by atoms with van der Waals surface area (Å²) in [6.07, 6.45) is 6.44. The van der Waals surface area contributed by atoms with E-state index < -0.39 is 6.04 Å². The van der Waals surface area contributed by atoms with Crippen LogP contribution in [0.5, 0.6) is 0 Å². The van der Waals surface area contributed by atoms with E-state index in [1.165, 1.54) is 12.0 Å². The molecule has 0 bridgehead atoms. The number of halogens is 1. The van der Waals surface area contributed by atoms with Crippen LogP contribution in [0.25, 0.3) is 0 Å². The van der Waals surface area contributed by atoms with Crippen LogP contribution in [0.15, 0.2) is 89.4 Å². The highest BCUT2D eigenvalue weighted by molar-refractivity contribution is 9.10. The molecule has 1 aliphatic rings. The van der Waals surface area contributed by atoms with Gasteiger partial charge in [0.25, 0.3) is 0 Å². The van der Waals surface area contributed by atoms with Crippen LogP contribution in [0, 0.1) is 0 Å². The Morgan fingerprint density at radius 2 is 1.53 bits per heavy atom. The van der Waals surface area contributed by atoms with Crippen molar-refractivity contribution in [2.45, 2.75) is 69.3 Å². The SMILES string of the molecule is O=C(NC1CCCCC1)[C@H](Cc1ccccc1)N(Cc1cccc(Br)c1)C(=O)CCSCc1ccccc1. The second-order valence-corrected chi connectivity index (χ2v) is 12.0. The normalized spacial score (nSPS) is 14.6. The maximum atomic E-state index is 13.8. The molecule has 1 aliphatic carbocycles. The number of carbonyl (C=O) groups excluding carboxylic acids is 2. The third-order valence-corrected chi connectivity index (χ3v) is 8.56. The highest BCUT2D eigenvalue weighted by Crippen LogP contribution is 2.22. The topological polar surface area (TPSA) is 49.4 Å². The van der Waals surface area contributed by atoms with E-state index in [4.69, 9.17) is 0 Å². The zero-order chi connectivity index (χ0) is 26.6. The molecule has 0 spiro atoms. The first-order valence-corrected chi connectivity index (χ1v) is 15.5. The fourth-order valence-corrected chi connectivity index (χ4v) is 6.34. The van der Waals surface area contributed by atoms with E-state index in [0.717, 1.165) is 47.0 Å². The third kappa shape index (κ3) is 9.02. The molecule has 38 heavy (non-hydrogen) atoms. The number of amides is 2. The summed E-state index contributed by atoms with van der Waals surface area (Å²) in [7, 11) is 0. The summed E-state index contributed by atoms with van der Waals surface area (Å²) in [4.78, 5) is 29.4. The number of hydrogen-bond acceptors (Lipinski definition) is 3. The van der Waals surface area contributed by atoms with E-state index in [9.17, 15) is 9.59 Å². The van der Waals surface area contributed by atoms with Crippen LogP contribution in [-0.4, -0.2) is 34.6 Å². The van der Waals surface area contributed by atoms with E-state index >= 15 is 0 Å². The molecule has 3 aromatic rings. The first-order valence-electron chi connectivity index (χ1n) is 13.6. The van der Waals surface area contributed by atoms with Crippen LogP contribution in [0.3, 0.4) is 0 Å². The second kappa shape index (κ2) is 15.1. The minimum absolute atomic E-state index is 0.0188. The van der Waals surface area contributed by atoms with Gasteiger partial charge in [0.1, 0.15) is 6.04 Å². The van der Waals surface area contributed by atoms with Crippen molar-refractivity contribution in [1.29, 1.82) is 0 Å². The maximum absolute atomic E-state index is 13.8. The molecule has 0 unspecified atom stereocenters. The summed E-state index contributed by atoms with van der Waals surface area (Å²) in [6, 6.07) is 28.0. The highest BCUT2D eigenvalue weighted by Gasteiger charge is 2.31. The van der Waals surface area contributed by atoms with Gasteiger partial charge in [0.15, 0.2) is 0 Å². The standard InChI is InChI=1S/C32H37BrN2O2S/c33-28-16-10-15-27(21-28)23-35(31(36)19-20-38-24-26-13-6-2-7-14-26)30(22-25-11-4-1-5-12-25)32(37)34-29-17-8-3-9-18-29/h1-2,4-7,10-16,21,29-30H,3,8-9,17-20,22-24H2,(H,34,37)/t30-/m0/s1. The Morgan fingerprint density at radius 3 is 2.21 bits per heavy atom. The molecule has 6 heteroatoms. The molecule has 0 aliphatic heterocycles. The van der Waals surface area contributed by atoms with Crippen LogP contribution >= 0.6 is 27.7 Å². The predicted molar refractivity (Wildman–Crippen MR) is 161 cm³/mol. The molecule has 200 valence electrons. The first-order chi connectivity index (χ1) is 18.6. The van der Waals surface area contributed by atoms with Crippen molar-refractivity contribution in [1.82, 2.24) is 10.2 Å². The van der Waals surface area contributed by atoms with Gasteiger partial charge >= 0.3 is 0 Å². The lowest BCUT2D eigenvalue weighted by molar-refractivity contribution is -0.141. The Bertz CT molecular complexity index is 1150. The minimum Gasteiger partial charge on any atom is -0.352 e. The molecule has 1 saturated carbocycles. The number of nitrogens with one attached hydrogen (secondary N) is 1. The van der Waals surface area contributed by atoms with Crippen molar-refractivity contribution < 1.29 is 9.59 Å². The Kier molecular flexibility index (Phi) is 11.3. The predicted octanol–water partition coefficient (Wildman–Crippen LogP) is 7.16. The molecular weight excluding hydrogens is 556 g/mol. The second-order valence-electron chi connectivity index (χ2n) is 9.99. The van der Waals surface area contributed by atoms with Gasteiger partial charge in [-0.05, 0) is 41.7 Å². The van der Waals surface area contributed by atoms with Gasteiger partial charge in [0, 0.05) is 41.4 Å². The van der Waals surface area contributed by atoms with Gasteiger partial charge in [-0.1, -0.05) is 108 Å². The number of rotatable bonds is 12. The van der Waals surface area contributed by atoms with Gasteiger partial charge in [0.05, 0.1) is 0 Å². The van der Waals surface area contributed by atoms with Gasteiger partial charge in [-0.25, -0.2) is 0 Å². The monoisotopic (exact) mass is 592 g/mol. The van der Waals surface area contributed by atoms with Gasteiger partial charge in [-0.15, -0.1) is 0 Å². The van der Waals surface area contributed by atoms with Crippen molar-refractivity contribution in [2.75, 3.05) is 5.75 Å². The van der Waals surface area contributed by atoms with Crippen LogP contribution in [-0.2, 0) is 28.3 Å². The molecule has 0 saturated heterocycles. The van der Waals surface area contributed by atoms with Crippen LogP contribution < -0.4 is 5.32 Å². The van der Waals surface area contributed by atoms with Crippen molar-refractivity contribution in [3.63, 3.8) is 0 Å². The highest BCUT2D eigenvalue weighted by atomic mass is 79.9. The van der Waals surface area contributed by atoms with E-state index in [0.29, 0.717) is 25.1 Å². The van der Waals surface area contributed by atoms with E-state index in [1.807, 2.05) is 77.7 Å². The average Bonchev–Trinajstić information content (AvgIpc) is 2.94. The average molecular weight is 594 g/mol. The molecule has 0 radical (unpaired) electrons. The fraction of sp³-hybridized carbons (Fsp3) is 0.375. The Morgan fingerprint density at radius 1 is 0.868 bits per heavy atom. The quantitative estimate of drug-likeness (QED) is 0.227. The van der Waals surface area contributed by atoms with Crippen LogP contribution in [0.2, 0.25) is 0 Å². The summed E-state index contributed by atoms with van der Waals surface area (Å²) < 4.78 is 0.965. The largest absolute Gasteiger partial charge is 0.352 e. The summed E-state index contributed by atoms with van der Waals surface area (Å²) in [5, 5.41) is 3.31. The van der Waals surface area contributed by atoms with Crippen LogP contribution in [0.1, 0.15) is 55.2 Å². The molecule has 0 heterocycles. The summed E-state index contributed by atoms with van der Waals surface area (Å²) in [5.41, 5.74) is 3.32. The zero-order valence-electron chi connectivity index (χ0n) is 21.9. The third-order valence-electron chi connectivity index (χ3n) is 7.04. The van der Waals surface area contributed by atoms with Gasteiger partial charge in [0.2, 0.25) is 11.8 Å². The Balaban J connectivity index is 1.52. The molecular formula is C32H37BrN2O2S. The number of benzene rings is 3. The molecule has 2 amide bonds. The van der Waals surface area contributed by atoms with Crippen molar-refractivity contribution >= 4 is 39.5 Å². The molecule has 4 rings (SSSR count). The number of nitrogens with zero attached hydrogens (tertiary/aromatic N) is 1. The number of carbonyl (C=O) groups is 2. The molecule has 3 aromatic carbocycles. The number of hydrogen-bond donors (Lipinski definition) is 1. The van der Waals surface area contributed by atoms with Gasteiger partial charge in [-0.2, -0.15) is 11.8 Å². The Hall–Kier alpha value is -2.57. The van der Waals surface area contributed by atoms with E-state index in [-0.39, 0.29) is 17.9 Å².